The minimum absolute atomic E-state index is 0.0767. The van der Waals surface area contributed by atoms with Crippen LogP contribution < -0.4 is 0 Å². The molecule has 2 heterocycles. The average Bonchev–Trinajstić information content (AvgIpc) is 3.27. The summed E-state index contributed by atoms with van der Waals surface area (Å²) in [7, 11) is 0. The SMILES string of the molecule is O=C1c2ccccc2[C@H](c2c[nH]c3ccccc23)N1CCc1ccc(Cl)cc1. The van der Waals surface area contributed by atoms with Gasteiger partial charge in [0, 0.05) is 39.8 Å². The molecule has 1 N–H and O–H groups in total. The first kappa shape index (κ1) is 17.1. The number of rotatable bonds is 4. The number of hydrogen-bond acceptors (Lipinski definition) is 1. The van der Waals surface area contributed by atoms with Gasteiger partial charge in [-0.3, -0.25) is 4.79 Å². The van der Waals surface area contributed by atoms with E-state index in [1.54, 1.807) is 0 Å². The molecule has 3 aromatic carbocycles. The van der Waals surface area contributed by atoms with Crippen LogP contribution in [-0.2, 0) is 6.42 Å². The number of aromatic amines is 1. The third kappa shape index (κ3) is 2.79. The summed E-state index contributed by atoms with van der Waals surface area (Å²) in [4.78, 5) is 18.6. The van der Waals surface area contributed by atoms with E-state index >= 15 is 0 Å². The summed E-state index contributed by atoms with van der Waals surface area (Å²) < 4.78 is 0. The maximum atomic E-state index is 13.2. The molecule has 0 fully saturated rings. The third-order valence-electron chi connectivity index (χ3n) is 5.53. The zero-order valence-electron chi connectivity index (χ0n) is 15.2. The minimum atomic E-state index is -0.0767. The van der Waals surface area contributed by atoms with Crippen LogP contribution in [0.25, 0.3) is 10.9 Å². The van der Waals surface area contributed by atoms with Gasteiger partial charge in [-0.15, -0.1) is 0 Å². The number of halogens is 1. The van der Waals surface area contributed by atoms with Crippen LogP contribution in [0.2, 0.25) is 5.02 Å². The first-order chi connectivity index (χ1) is 13.7. The van der Waals surface area contributed by atoms with Crippen molar-refractivity contribution >= 4 is 28.4 Å². The van der Waals surface area contributed by atoms with Gasteiger partial charge in [0.1, 0.15) is 0 Å². The normalized spacial score (nSPS) is 16.0. The molecular formula is C24H19ClN2O. The fraction of sp³-hybridized carbons (Fsp3) is 0.125. The highest BCUT2D eigenvalue weighted by Crippen LogP contribution is 2.41. The van der Waals surface area contributed by atoms with Crippen LogP contribution in [0.15, 0.2) is 79.0 Å². The maximum Gasteiger partial charge on any atom is 0.255 e. The van der Waals surface area contributed by atoms with Crippen molar-refractivity contribution in [2.24, 2.45) is 0 Å². The van der Waals surface area contributed by atoms with Gasteiger partial charge in [0.25, 0.3) is 5.91 Å². The molecule has 0 saturated heterocycles. The molecule has 0 unspecified atom stereocenters. The van der Waals surface area contributed by atoms with Crippen LogP contribution in [0.3, 0.4) is 0 Å². The van der Waals surface area contributed by atoms with E-state index in [1.165, 1.54) is 5.56 Å². The number of amides is 1. The molecular weight excluding hydrogens is 368 g/mol. The van der Waals surface area contributed by atoms with E-state index in [-0.39, 0.29) is 11.9 Å². The van der Waals surface area contributed by atoms with Crippen LogP contribution in [-0.4, -0.2) is 22.3 Å². The molecule has 4 heteroatoms. The molecule has 4 aromatic rings. The van der Waals surface area contributed by atoms with E-state index in [2.05, 4.69) is 23.2 Å². The van der Waals surface area contributed by atoms with E-state index in [0.29, 0.717) is 6.54 Å². The predicted octanol–water partition coefficient (Wildman–Crippen LogP) is 5.61. The van der Waals surface area contributed by atoms with Gasteiger partial charge in [0.05, 0.1) is 6.04 Å². The topological polar surface area (TPSA) is 36.1 Å². The Balaban J connectivity index is 1.55. The predicted molar refractivity (Wildman–Crippen MR) is 113 cm³/mol. The average molecular weight is 387 g/mol. The van der Waals surface area contributed by atoms with Gasteiger partial charge in [-0.2, -0.15) is 0 Å². The molecule has 0 saturated carbocycles. The Hall–Kier alpha value is -3.04. The molecule has 138 valence electrons. The molecule has 0 aliphatic carbocycles. The van der Waals surface area contributed by atoms with Crippen molar-refractivity contribution in [3.8, 4) is 0 Å². The molecule has 1 amide bonds. The number of hydrogen-bond donors (Lipinski definition) is 1. The second-order valence-corrected chi connectivity index (χ2v) is 7.59. The van der Waals surface area contributed by atoms with Gasteiger partial charge in [0.15, 0.2) is 0 Å². The molecule has 0 bridgehead atoms. The van der Waals surface area contributed by atoms with E-state index in [0.717, 1.165) is 39.0 Å². The van der Waals surface area contributed by atoms with Crippen LogP contribution >= 0.6 is 11.6 Å². The summed E-state index contributed by atoms with van der Waals surface area (Å²) in [5.74, 6) is 0.0971. The Morgan fingerprint density at radius 1 is 0.893 bits per heavy atom. The Bertz CT molecular complexity index is 1160. The largest absolute Gasteiger partial charge is 0.361 e. The monoisotopic (exact) mass is 386 g/mol. The number of nitrogens with zero attached hydrogens (tertiary/aromatic N) is 1. The summed E-state index contributed by atoms with van der Waals surface area (Å²) in [6.45, 7) is 0.652. The van der Waals surface area contributed by atoms with Gasteiger partial charge in [-0.05, 0) is 41.8 Å². The van der Waals surface area contributed by atoms with Gasteiger partial charge in [-0.25, -0.2) is 0 Å². The lowest BCUT2D eigenvalue weighted by molar-refractivity contribution is 0.0752. The number of nitrogens with one attached hydrogen (secondary N) is 1. The van der Waals surface area contributed by atoms with Crippen molar-refractivity contribution in [3.05, 3.63) is 106 Å². The standard InChI is InChI=1S/C24H19ClN2O/c25-17-11-9-16(10-12-17)13-14-27-23(19-6-1-2-7-20(19)24(27)28)21-15-26-22-8-4-3-5-18(21)22/h1-12,15,23,26H,13-14H2/t23-/m1/s1. The number of fused-ring (bicyclic) bond motifs is 2. The van der Waals surface area contributed by atoms with E-state index in [1.807, 2.05) is 65.7 Å². The third-order valence-corrected chi connectivity index (χ3v) is 5.78. The van der Waals surface area contributed by atoms with Crippen LogP contribution in [0, 0.1) is 0 Å². The van der Waals surface area contributed by atoms with E-state index < -0.39 is 0 Å². The zero-order chi connectivity index (χ0) is 19.1. The van der Waals surface area contributed by atoms with Crippen molar-refractivity contribution in [2.75, 3.05) is 6.54 Å². The van der Waals surface area contributed by atoms with Gasteiger partial charge >= 0.3 is 0 Å². The lowest BCUT2D eigenvalue weighted by atomic mass is 9.97. The summed E-state index contributed by atoms with van der Waals surface area (Å²) in [5, 5.41) is 1.89. The number of carbonyl (C=O) groups excluding carboxylic acids is 1. The van der Waals surface area contributed by atoms with Crippen molar-refractivity contribution < 1.29 is 4.79 Å². The second-order valence-electron chi connectivity index (χ2n) is 7.15. The van der Waals surface area contributed by atoms with Gasteiger partial charge in [-0.1, -0.05) is 60.1 Å². The lowest BCUT2D eigenvalue weighted by Gasteiger charge is -2.25. The second kappa shape index (κ2) is 6.84. The van der Waals surface area contributed by atoms with E-state index in [9.17, 15) is 4.79 Å². The minimum Gasteiger partial charge on any atom is -0.361 e. The Morgan fingerprint density at radius 2 is 1.64 bits per heavy atom. The molecule has 3 nitrogen and oxygen atoms in total. The molecule has 0 spiro atoms. The van der Waals surface area contributed by atoms with Crippen molar-refractivity contribution in [1.82, 2.24) is 9.88 Å². The fourth-order valence-corrected chi connectivity index (χ4v) is 4.28. The number of para-hydroxylation sites is 1. The molecule has 28 heavy (non-hydrogen) atoms. The number of aromatic nitrogens is 1. The Kier molecular flexibility index (Phi) is 4.18. The van der Waals surface area contributed by atoms with Gasteiger partial charge in [0.2, 0.25) is 0 Å². The van der Waals surface area contributed by atoms with Crippen LogP contribution in [0.1, 0.15) is 33.1 Å². The quantitative estimate of drug-likeness (QED) is 0.486. The molecule has 1 atom stereocenters. The van der Waals surface area contributed by atoms with Crippen LogP contribution in [0.4, 0.5) is 0 Å². The molecule has 0 radical (unpaired) electrons. The van der Waals surface area contributed by atoms with Crippen molar-refractivity contribution in [3.63, 3.8) is 0 Å². The van der Waals surface area contributed by atoms with Crippen molar-refractivity contribution in [2.45, 2.75) is 12.5 Å². The number of H-pyrrole nitrogens is 1. The highest BCUT2D eigenvalue weighted by Gasteiger charge is 2.38. The van der Waals surface area contributed by atoms with E-state index in [4.69, 9.17) is 11.6 Å². The summed E-state index contributed by atoms with van der Waals surface area (Å²) in [6, 6.07) is 24.0. The molecule has 1 aliphatic heterocycles. The maximum absolute atomic E-state index is 13.2. The number of benzene rings is 3. The Labute approximate surface area is 168 Å². The van der Waals surface area contributed by atoms with Crippen molar-refractivity contribution in [1.29, 1.82) is 0 Å². The summed E-state index contributed by atoms with van der Waals surface area (Å²) in [6.07, 6.45) is 2.83. The smallest absolute Gasteiger partial charge is 0.255 e. The van der Waals surface area contributed by atoms with Gasteiger partial charge < -0.3 is 9.88 Å². The van der Waals surface area contributed by atoms with Crippen LogP contribution in [0.5, 0.6) is 0 Å². The summed E-state index contributed by atoms with van der Waals surface area (Å²) >= 11 is 6.00. The first-order valence-electron chi connectivity index (χ1n) is 9.43. The lowest BCUT2D eigenvalue weighted by Crippen LogP contribution is -2.30. The Morgan fingerprint density at radius 3 is 2.50 bits per heavy atom. The first-order valence-corrected chi connectivity index (χ1v) is 9.80. The summed E-state index contributed by atoms with van der Waals surface area (Å²) in [5.41, 5.74) is 5.28. The highest BCUT2D eigenvalue weighted by atomic mass is 35.5. The molecule has 1 aromatic heterocycles. The molecule has 5 rings (SSSR count). The molecule has 1 aliphatic rings. The highest BCUT2D eigenvalue weighted by molar-refractivity contribution is 6.30. The fourth-order valence-electron chi connectivity index (χ4n) is 4.16. The number of carbonyl (C=O) groups is 1. The zero-order valence-corrected chi connectivity index (χ0v) is 16.0.